The third-order valence-corrected chi connectivity index (χ3v) is 3.90. The number of likely N-dealkylation sites (N-methyl/N-ethyl adjacent to an activating group) is 1. The van der Waals surface area contributed by atoms with E-state index in [0.29, 0.717) is 30.8 Å². The lowest BCUT2D eigenvalue weighted by Crippen LogP contribution is -2.46. The van der Waals surface area contributed by atoms with Gasteiger partial charge >= 0.3 is 0 Å². The van der Waals surface area contributed by atoms with Crippen LogP contribution in [0.25, 0.3) is 0 Å². The molecule has 0 aromatic rings. The summed E-state index contributed by atoms with van der Waals surface area (Å²) in [5, 5.41) is 3.38. The van der Waals surface area contributed by atoms with Gasteiger partial charge in [0.25, 0.3) is 0 Å². The summed E-state index contributed by atoms with van der Waals surface area (Å²) in [7, 11) is 3.74. The van der Waals surface area contributed by atoms with Gasteiger partial charge in [0.2, 0.25) is 0 Å². The molecule has 0 bridgehead atoms. The standard InChI is InChI=1S/C15H31NO3/c1-15(2)7-6-13(16-3)14(12-15)19-11-10-18-9-5-8-17-4/h13-14,16H,5-12H2,1-4H3. The fraction of sp³-hybridized carbons (Fsp3) is 1.00. The summed E-state index contributed by atoms with van der Waals surface area (Å²) in [6.45, 7) is 7.54. The Labute approximate surface area is 118 Å². The summed E-state index contributed by atoms with van der Waals surface area (Å²) in [5.74, 6) is 0. The van der Waals surface area contributed by atoms with E-state index in [9.17, 15) is 0 Å². The van der Waals surface area contributed by atoms with E-state index in [1.54, 1.807) is 7.11 Å². The fourth-order valence-corrected chi connectivity index (χ4v) is 2.69. The van der Waals surface area contributed by atoms with E-state index in [2.05, 4.69) is 19.2 Å². The maximum atomic E-state index is 6.01. The first-order valence-corrected chi connectivity index (χ1v) is 7.44. The SMILES string of the molecule is CNC1CCC(C)(C)CC1OCCOCCCOC. The maximum Gasteiger partial charge on any atom is 0.0734 e. The number of ether oxygens (including phenoxy) is 3. The van der Waals surface area contributed by atoms with E-state index in [1.807, 2.05) is 7.05 Å². The van der Waals surface area contributed by atoms with Crippen LogP contribution in [0.2, 0.25) is 0 Å². The van der Waals surface area contributed by atoms with E-state index >= 15 is 0 Å². The second-order valence-corrected chi connectivity index (χ2v) is 6.17. The van der Waals surface area contributed by atoms with Gasteiger partial charge in [-0.05, 0) is 38.1 Å². The molecule has 1 N–H and O–H groups in total. The average molecular weight is 273 g/mol. The van der Waals surface area contributed by atoms with E-state index in [1.165, 1.54) is 12.8 Å². The van der Waals surface area contributed by atoms with Crippen LogP contribution in [0.4, 0.5) is 0 Å². The Morgan fingerprint density at radius 2 is 1.95 bits per heavy atom. The minimum Gasteiger partial charge on any atom is -0.385 e. The highest BCUT2D eigenvalue weighted by molar-refractivity contribution is 4.89. The van der Waals surface area contributed by atoms with Crippen LogP contribution in [0.15, 0.2) is 0 Å². The lowest BCUT2D eigenvalue weighted by Gasteiger charge is -2.40. The molecule has 2 unspecified atom stereocenters. The third-order valence-electron chi connectivity index (χ3n) is 3.90. The highest BCUT2D eigenvalue weighted by atomic mass is 16.5. The molecule has 19 heavy (non-hydrogen) atoms. The van der Waals surface area contributed by atoms with Crippen molar-refractivity contribution in [1.82, 2.24) is 5.32 Å². The molecular formula is C15H31NO3. The Morgan fingerprint density at radius 1 is 1.16 bits per heavy atom. The smallest absolute Gasteiger partial charge is 0.0734 e. The monoisotopic (exact) mass is 273 g/mol. The summed E-state index contributed by atoms with van der Waals surface area (Å²) in [6.07, 6.45) is 4.86. The molecule has 0 saturated heterocycles. The molecule has 0 spiro atoms. The van der Waals surface area contributed by atoms with Crippen molar-refractivity contribution < 1.29 is 14.2 Å². The van der Waals surface area contributed by atoms with Crippen molar-refractivity contribution in [3.8, 4) is 0 Å². The topological polar surface area (TPSA) is 39.7 Å². The number of rotatable bonds is 9. The molecule has 0 radical (unpaired) electrons. The molecule has 114 valence electrons. The average Bonchev–Trinajstić information content (AvgIpc) is 2.37. The highest BCUT2D eigenvalue weighted by Crippen LogP contribution is 2.36. The van der Waals surface area contributed by atoms with Crippen LogP contribution in [-0.2, 0) is 14.2 Å². The van der Waals surface area contributed by atoms with Gasteiger partial charge < -0.3 is 19.5 Å². The molecule has 2 atom stereocenters. The Bertz CT molecular complexity index is 233. The molecule has 1 saturated carbocycles. The van der Waals surface area contributed by atoms with Crippen molar-refractivity contribution >= 4 is 0 Å². The van der Waals surface area contributed by atoms with Gasteiger partial charge in [0.15, 0.2) is 0 Å². The highest BCUT2D eigenvalue weighted by Gasteiger charge is 2.34. The lowest BCUT2D eigenvalue weighted by atomic mass is 9.74. The van der Waals surface area contributed by atoms with Gasteiger partial charge in [-0.25, -0.2) is 0 Å². The first kappa shape index (κ1) is 16.9. The van der Waals surface area contributed by atoms with Crippen LogP contribution in [0.3, 0.4) is 0 Å². The minimum absolute atomic E-state index is 0.316. The maximum absolute atomic E-state index is 6.01. The van der Waals surface area contributed by atoms with E-state index in [-0.39, 0.29) is 0 Å². The number of methoxy groups -OCH3 is 1. The summed E-state index contributed by atoms with van der Waals surface area (Å²) >= 11 is 0. The Kier molecular flexibility index (Phi) is 7.91. The molecule has 0 heterocycles. The van der Waals surface area contributed by atoms with Crippen LogP contribution in [-0.4, -0.2) is 52.7 Å². The van der Waals surface area contributed by atoms with Crippen molar-refractivity contribution in [1.29, 1.82) is 0 Å². The Hall–Kier alpha value is -0.160. The van der Waals surface area contributed by atoms with Gasteiger partial charge in [-0.2, -0.15) is 0 Å². The predicted octanol–water partition coefficient (Wildman–Crippen LogP) is 2.22. The number of hydrogen-bond acceptors (Lipinski definition) is 4. The third kappa shape index (κ3) is 6.70. The second kappa shape index (κ2) is 8.90. The molecule has 1 aliphatic carbocycles. The molecule has 0 aromatic heterocycles. The predicted molar refractivity (Wildman–Crippen MR) is 77.5 cm³/mol. The summed E-state index contributed by atoms with van der Waals surface area (Å²) in [4.78, 5) is 0. The molecule has 4 heteroatoms. The van der Waals surface area contributed by atoms with Gasteiger partial charge in [-0.3, -0.25) is 0 Å². The molecule has 0 aliphatic heterocycles. The van der Waals surface area contributed by atoms with Gasteiger partial charge in [0, 0.05) is 26.4 Å². The molecule has 4 nitrogen and oxygen atoms in total. The fourth-order valence-electron chi connectivity index (χ4n) is 2.69. The van der Waals surface area contributed by atoms with Crippen LogP contribution in [0.5, 0.6) is 0 Å². The molecular weight excluding hydrogens is 242 g/mol. The van der Waals surface area contributed by atoms with E-state index in [4.69, 9.17) is 14.2 Å². The molecule has 0 aromatic carbocycles. The lowest BCUT2D eigenvalue weighted by molar-refractivity contribution is -0.0489. The van der Waals surface area contributed by atoms with Crippen LogP contribution < -0.4 is 5.32 Å². The molecule has 1 rings (SSSR count). The van der Waals surface area contributed by atoms with Gasteiger partial charge in [-0.15, -0.1) is 0 Å². The quantitative estimate of drug-likeness (QED) is 0.654. The summed E-state index contributed by atoms with van der Waals surface area (Å²) in [6, 6.07) is 0.488. The van der Waals surface area contributed by atoms with Crippen molar-refractivity contribution in [3.05, 3.63) is 0 Å². The van der Waals surface area contributed by atoms with Crippen molar-refractivity contribution in [2.45, 2.75) is 51.7 Å². The normalized spacial score (nSPS) is 26.5. The van der Waals surface area contributed by atoms with Crippen molar-refractivity contribution in [3.63, 3.8) is 0 Å². The van der Waals surface area contributed by atoms with E-state index in [0.717, 1.165) is 26.1 Å². The van der Waals surface area contributed by atoms with Crippen LogP contribution >= 0.6 is 0 Å². The van der Waals surface area contributed by atoms with Crippen LogP contribution in [0, 0.1) is 5.41 Å². The second-order valence-electron chi connectivity index (χ2n) is 6.17. The molecule has 0 amide bonds. The zero-order chi connectivity index (χ0) is 14.1. The Morgan fingerprint density at radius 3 is 2.63 bits per heavy atom. The van der Waals surface area contributed by atoms with E-state index < -0.39 is 0 Å². The van der Waals surface area contributed by atoms with Crippen molar-refractivity contribution in [2.24, 2.45) is 5.41 Å². The zero-order valence-electron chi connectivity index (χ0n) is 13.0. The summed E-state index contributed by atoms with van der Waals surface area (Å²) in [5.41, 5.74) is 0.400. The minimum atomic E-state index is 0.316. The van der Waals surface area contributed by atoms with Gasteiger partial charge in [-0.1, -0.05) is 13.8 Å². The zero-order valence-corrected chi connectivity index (χ0v) is 13.0. The molecule has 1 fully saturated rings. The summed E-state index contributed by atoms with van der Waals surface area (Å²) < 4.78 is 16.5. The van der Waals surface area contributed by atoms with Crippen molar-refractivity contribution in [2.75, 3.05) is 40.6 Å². The first-order valence-electron chi connectivity index (χ1n) is 7.44. The van der Waals surface area contributed by atoms with Gasteiger partial charge in [0.1, 0.15) is 0 Å². The van der Waals surface area contributed by atoms with Crippen LogP contribution in [0.1, 0.15) is 39.5 Å². The largest absolute Gasteiger partial charge is 0.385 e. The molecule has 1 aliphatic rings. The number of nitrogens with one attached hydrogen (secondary N) is 1. The first-order chi connectivity index (χ1) is 9.09. The number of hydrogen-bond donors (Lipinski definition) is 1. The Balaban J connectivity index is 2.15. The van der Waals surface area contributed by atoms with Gasteiger partial charge in [0.05, 0.1) is 19.3 Å².